The summed E-state index contributed by atoms with van der Waals surface area (Å²) in [6, 6.07) is 2.23. The fourth-order valence-electron chi connectivity index (χ4n) is 2.52. The van der Waals surface area contributed by atoms with Gasteiger partial charge in [-0.25, -0.2) is 5.10 Å². The number of piperidine rings is 1. The largest absolute Gasteiger partial charge is 0.394 e. The van der Waals surface area contributed by atoms with Gasteiger partial charge in [-0.1, -0.05) is 13.3 Å². The summed E-state index contributed by atoms with van der Waals surface area (Å²) in [4.78, 5) is 13.6. The van der Waals surface area contributed by atoms with Crippen LogP contribution in [0.2, 0.25) is 0 Å². The molecule has 5 nitrogen and oxygen atoms in total. The predicted octanol–water partition coefficient (Wildman–Crippen LogP) is 0.769. The van der Waals surface area contributed by atoms with Gasteiger partial charge in [0.05, 0.1) is 5.69 Å². The first-order chi connectivity index (χ1) is 8.20. The zero-order valence-electron chi connectivity index (χ0n) is 10.3. The molecule has 3 N–H and O–H groups in total. The maximum Gasteiger partial charge on any atom is 0.287 e. The molecular formula is C12H20N4O. The SMILES string of the molecule is CCN1CCCCC1Cc1cc(N)c(=O)[nH]n1. The monoisotopic (exact) mass is 236 g/mol. The lowest BCUT2D eigenvalue weighted by molar-refractivity contribution is 0.154. The lowest BCUT2D eigenvalue weighted by atomic mass is 9.98. The van der Waals surface area contributed by atoms with Crippen LogP contribution in [-0.2, 0) is 6.42 Å². The Morgan fingerprint density at radius 3 is 3.12 bits per heavy atom. The number of nitrogen functional groups attached to an aromatic ring is 1. The van der Waals surface area contributed by atoms with Crippen LogP contribution >= 0.6 is 0 Å². The summed E-state index contributed by atoms with van der Waals surface area (Å²) in [5, 5.41) is 6.50. The zero-order chi connectivity index (χ0) is 12.3. The zero-order valence-corrected chi connectivity index (χ0v) is 10.3. The number of H-pyrrole nitrogens is 1. The highest BCUT2D eigenvalue weighted by Crippen LogP contribution is 2.19. The van der Waals surface area contributed by atoms with E-state index in [1.54, 1.807) is 6.07 Å². The molecular weight excluding hydrogens is 216 g/mol. The third-order valence-corrected chi connectivity index (χ3v) is 3.49. The number of hydrogen-bond donors (Lipinski definition) is 2. The van der Waals surface area contributed by atoms with E-state index in [2.05, 4.69) is 22.0 Å². The number of nitrogens with zero attached hydrogens (tertiary/aromatic N) is 2. The molecule has 0 amide bonds. The molecule has 2 heterocycles. The van der Waals surface area contributed by atoms with Crippen LogP contribution in [-0.4, -0.2) is 34.2 Å². The fourth-order valence-corrected chi connectivity index (χ4v) is 2.52. The van der Waals surface area contributed by atoms with Crippen LogP contribution in [0, 0.1) is 0 Å². The minimum absolute atomic E-state index is 0.258. The van der Waals surface area contributed by atoms with Crippen molar-refractivity contribution in [2.24, 2.45) is 0 Å². The van der Waals surface area contributed by atoms with E-state index in [0.29, 0.717) is 6.04 Å². The number of nitrogens with one attached hydrogen (secondary N) is 1. The highest BCUT2D eigenvalue weighted by molar-refractivity contribution is 5.34. The smallest absolute Gasteiger partial charge is 0.287 e. The minimum Gasteiger partial charge on any atom is -0.394 e. The number of rotatable bonds is 3. The maximum atomic E-state index is 11.1. The molecule has 94 valence electrons. The number of aromatic nitrogens is 2. The van der Waals surface area contributed by atoms with Crippen LogP contribution in [0.5, 0.6) is 0 Å². The van der Waals surface area contributed by atoms with Crippen molar-refractivity contribution in [3.8, 4) is 0 Å². The van der Waals surface area contributed by atoms with Gasteiger partial charge in [0.1, 0.15) is 5.69 Å². The molecule has 1 aromatic rings. The van der Waals surface area contributed by atoms with Crippen LogP contribution in [0.3, 0.4) is 0 Å². The Labute approximate surface area is 101 Å². The summed E-state index contributed by atoms with van der Waals surface area (Å²) in [5.74, 6) is 0. The van der Waals surface area contributed by atoms with Gasteiger partial charge in [0.15, 0.2) is 0 Å². The van der Waals surface area contributed by atoms with Gasteiger partial charge in [-0.3, -0.25) is 4.79 Å². The molecule has 1 atom stereocenters. The Kier molecular flexibility index (Phi) is 3.78. The first-order valence-corrected chi connectivity index (χ1v) is 6.29. The molecule has 0 bridgehead atoms. The number of nitrogens with two attached hydrogens (primary N) is 1. The summed E-state index contributed by atoms with van der Waals surface area (Å²) in [6.45, 7) is 4.43. The lowest BCUT2D eigenvalue weighted by Gasteiger charge is -2.34. The molecule has 1 aliphatic heterocycles. The maximum absolute atomic E-state index is 11.1. The first kappa shape index (κ1) is 12.1. The second-order valence-corrected chi connectivity index (χ2v) is 4.63. The van der Waals surface area contributed by atoms with Crippen molar-refractivity contribution in [2.45, 2.75) is 38.6 Å². The van der Waals surface area contributed by atoms with Crippen molar-refractivity contribution in [1.29, 1.82) is 0 Å². The molecule has 1 aliphatic rings. The molecule has 0 spiro atoms. The fraction of sp³-hybridized carbons (Fsp3) is 0.667. The van der Waals surface area contributed by atoms with E-state index in [-0.39, 0.29) is 11.2 Å². The molecule has 0 aromatic carbocycles. The van der Waals surface area contributed by atoms with E-state index >= 15 is 0 Å². The topological polar surface area (TPSA) is 75.0 Å². The summed E-state index contributed by atoms with van der Waals surface area (Å²) in [5.41, 5.74) is 6.43. The lowest BCUT2D eigenvalue weighted by Crippen LogP contribution is -2.40. The van der Waals surface area contributed by atoms with Gasteiger partial charge in [0.2, 0.25) is 0 Å². The molecule has 0 saturated carbocycles. The Morgan fingerprint density at radius 2 is 2.41 bits per heavy atom. The second kappa shape index (κ2) is 5.31. The van der Waals surface area contributed by atoms with Gasteiger partial charge in [-0.15, -0.1) is 0 Å². The van der Waals surface area contributed by atoms with Gasteiger partial charge in [0, 0.05) is 12.5 Å². The number of likely N-dealkylation sites (N-methyl/N-ethyl adjacent to an activating group) is 1. The molecule has 1 fully saturated rings. The van der Waals surface area contributed by atoms with Gasteiger partial charge < -0.3 is 10.6 Å². The normalized spacial score (nSPS) is 21.6. The van der Waals surface area contributed by atoms with E-state index in [0.717, 1.165) is 18.7 Å². The molecule has 5 heteroatoms. The van der Waals surface area contributed by atoms with Crippen LogP contribution in [0.4, 0.5) is 5.69 Å². The Morgan fingerprint density at radius 1 is 1.59 bits per heavy atom. The molecule has 1 unspecified atom stereocenters. The molecule has 0 radical (unpaired) electrons. The number of aromatic amines is 1. The van der Waals surface area contributed by atoms with Gasteiger partial charge in [0.25, 0.3) is 5.56 Å². The number of anilines is 1. The highest BCUT2D eigenvalue weighted by Gasteiger charge is 2.21. The van der Waals surface area contributed by atoms with E-state index in [9.17, 15) is 4.79 Å². The van der Waals surface area contributed by atoms with Crippen molar-refractivity contribution in [3.05, 3.63) is 22.1 Å². The predicted molar refractivity (Wildman–Crippen MR) is 67.9 cm³/mol. The van der Waals surface area contributed by atoms with Crippen LogP contribution < -0.4 is 11.3 Å². The second-order valence-electron chi connectivity index (χ2n) is 4.63. The van der Waals surface area contributed by atoms with Crippen LogP contribution in [0.15, 0.2) is 10.9 Å². The van der Waals surface area contributed by atoms with Crippen molar-refractivity contribution in [2.75, 3.05) is 18.8 Å². The highest BCUT2D eigenvalue weighted by atomic mass is 16.1. The molecule has 2 rings (SSSR count). The van der Waals surface area contributed by atoms with Gasteiger partial charge in [-0.2, -0.15) is 5.10 Å². The van der Waals surface area contributed by atoms with Gasteiger partial charge in [-0.05, 0) is 32.0 Å². The van der Waals surface area contributed by atoms with Crippen molar-refractivity contribution < 1.29 is 0 Å². The standard InChI is InChI=1S/C12H20N4O/c1-2-16-6-4-3-5-10(16)7-9-8-11(13)12(17)15-14-9/h8,10H,2-7H2,1H3,(H2,13,14)(H,15,17). The van der Waals surface area contributed by atoms with Crippen molar-refractivity contribution >= 4 is 5.69 Å². The van der Waals surface area contributed by atoms with Gasteiger partial charge >= 0.3 is 0 Å². The third kappa shape index (κ3) is 2.85. The van der Waals surface area contributed by atoms with Crippen LogP contribution in [0.1, 0.15) is 31.9 Å². The summed E-state index contributed by atoms with van der Waals surface area (Å²) >= 11 is 0. The summed E-state index contributed by atoms with van der Waals surface area (Å²) < 4.78 is 0. The Bertz CT molecular complexity index is 429. The van der Waals surface area contributed by atoms with E-state index < -0.39 is 0 Å². The Balaban J connectivity index is 2.08. The van der Waals surface area contributed by atoms with Crippen molar-refractivity contribution in [1.82, 2.24) is 15.1 Å². The average Bonchev–Trinajstić information content (AvgIpc) is 2.34. The summed E-state index contributed by atoms with van der Waals surface area (Å²) in [7, 11) is 0. The van der Waals surface area contributed by atoms with Crippen LogP contribution in [0.25, 0.3) is 0 Å². The molecule has 1 saturated heterocycles. The quantitative estimate of drug-likeness (QED) is 0.813. The summed E-state index contributed by atoms with van der Waals surface area (Å²) in [6.07, 6.45) is 4.63. The van der Waals surface area contributed by atoms with E-state index in [1.807, 2.05) is 0 Å². The third-order valence-electron chi connectivity index (χ3n) is 3.49. The molecule has 17 heavy (non-hydrogen) atoms. The Hall–Kier alpha value is -1.36. The average molecular weight is 236 g/mol. The van der Waals surface area contributed by atoms with E-state index in [4.69, 9.17) is 5.73 Å². The number of hydrogen-bond acceptors (Lipinski definition) is 4. The van der Waals surface area contributed by atoms with Crippen molar-refractivity contribution in [3.63, 3.8) is 0 Å². The van der Waals surface area contributed by atoms with E-state index in [1.165, 1.54) is 25.8 Å². The minimum atomic E-state index is -0.301. The number of likely N-dealkylation sites (tertiary alicyclic amines) is 1. The first-order valence-electron chi connectivity index (χ1n) is 6.29. The molecule has 1 aromatic heterocycles. The molecule has 0 aliphatic carbocycles.